The Morgan fingerprint density at radius 1 is 1.15 bits per heavy atom. The van der Waals surface area contributed by atoms with Crippen LogP contribution in [0.2, 0.25) is 0 Å². The standard InChI is InChI=1S/C17H20F3NO5/c1-16(2,3)26-13(22)9-12(15(24)25-4)21-14(23)10-6-5-7-11(8-10)17(18,19)20/h5-8,12H,9H2,1-4H3,(H,21,23)/t12-/m1/s1. The van der Waals surface area contributed by atoms with Crippen LogP contribution in [0.5, 0.6) is 0 Å². The molecule has 1 rings (SSSR count). The van der Waals surface area contributed by atoms with Gasteiger partial charge in [0.15, 0.2) is 0 Å². The van der Waals surface area contributed by atoms with E-state index >= 15 is 0 Å². The van der Waals surface area contributed by atoms with E-state index < -0.39 is 47.6 Å². The van der Waals surface area contributed by atoms with Gasteiger partial charge in [-0.05, 0) is 39.0 Å². The van der Waals surface area contributed by atoms with Crippen molar-refractivity contribution in [2.45, 2.75) is 45.0 Å². The molecule has 0 spiro atoms. The third-order valence-electron chi connectivity index (χ3n) is 3.03. The summed E-state index contributed by atoms with van der Waals surface area (Å²) in [4.78, 5) is 35.8. The highest BCUT2D eigenvalue weighted by atomic mass is 19.4. The molecule has 0 fully saturated rings. The SMILES string of the molecule is COC(=O)[C@@H](CC(=O)OC(C)(C)C)NC(=O)c1cccc(C(F)(F)F)c1. The lowest BCUT2D eigenvalue weighted by atomic mass is 10.1. The first-order valence-corrected chi connectivity index (χ1v) is 7.61. The smallest absolute Gasteiger partial charge is 0.416 e. The quantitative estimate of drug-likeness (QED) is 0.801. The van der Waals surface area contributed by atoms with Gasteiger partial charge in [0.2, 0.25) is 0 Å². The minimum Gasteiger partial charge on any atom is -0.467 e. The molecule has 0 saturated heterocycles. The monoisotopic (exact) mass is 375 g/mol. The number of esters is 2. The van der Waals surface area contributed by atoms with Crippen LogP contribution in [0.3, 0.4) is 0 Å². The van der Waals surface area contributed by atoms with Gasteiger partial charge in [-0.25, -0.2) is 4.79 Å². The molecule has 0 unspecified atom stereocenters. The summed E-state index contributed by atoms with van der Waals surface area (Å²) in [6.45, 7) is 4.87. The minimum absolute atomic E-state index is 0.307. The van der Waals surface area contributed by atoms with Crippen LogP contribution >= 0.6 is 0 Å². The van der Waals surface area contributed by atoms with Crippen molar-refractivity contribution in [2.24, 2.45) is 0 Å². The number of hydrogen-bond donors (Lipinski definition) is 1. The molecule has 6 nitrogen and oxygen atoms in total. The largest absolute Gasteiger partial charge is 0.467 e. The van der Waals surface area contributed by atoms with E-state index in [0.29, 0.717) is 6.07 Å². The van der Waals surface area contributed by atoms with Crippen LogP contribution in [0.1, 0.15) is 43.1 Å². The van der Waals surface area contributed by atoms with Crippen LogP contribution in [0.15, 0.2) is 24.3 Å². The van der Waals surface area contributed by atoms with Crippen molar-refractivity contribution in [3.8, 4) is 0 Å². The maximum atomic E-state index is 12.7. The molecule has 0 aromatic heterocycles. The maximum absolute atomic E-state index is 12.7. The lowest BCUT2D eigenvalue weighted by molar-refractivity contribution is -0.158. The third kappa shape index (κ3) is 6.73. The van der Waals surface area contributed by atoms with Crippen molar-refractivity contribution in [3.05, 3.63) is 35.4 Å². The Kier molecular flexibility index (Phi) is 6.77. The van der Waals surface area contributed by atoms with Crippen LogP contribution in [0.4, 0.5) is 13.2 Å². The lowest BCUT2D eigenvalue weighted by Crippen LogP contribution is -2.44. The molecular formula is C17H20F3NO5. The first-order valence-electron chi connectivity index (χ1n) is 7.61. The molecular weight excluding hydrogens is 355 g/mol. The number of rotatable bonds is 5. The van der Waals surface area contributed by atoms with Crippen molar-refractivity contribution < 1.29 is 37.0 Å². The predicted octanol–water partition coefficient (Wildman–Crippen LogP) is 2.71. The number of halogens is 3. The van der Waals surface area contributed by atoms with Crippen molar-refractivity contribution >= 4 is 17.8 Å². The van der Waals surface area contributed by atoms with Gasteiger partial charge in [-0.2, -0.15) is 13.2 Å². The summed E-state index contributed by atoms with van der Waals surface area (Å²) in [5, 5.41) is 2.20. The Morgan fingerprint density at radius 3 is 2.27 bits per heavy atom. The summed E-state index contributed by atoms with van der Waals surface area (Å²) in [5.41, 5.74) is -2.12. The first kappa shape index (κ1) is 21.5. The molecule has 0 radical (unpaired) electrons. The number of hydrogen-bond acceptors (Lipinski definition) is 5. The molecule has 1 amide bonds. The number of methoxy groups -OCH3 is 1. The van der Waals surface area contributed by atoms with E-state index in [0.717, 1.165) is 25.3 Å². The van der Waals surface area contributed by atoms with E-state index in [4.69, 9.17) is 4.74 Å². The minimum atomic E-state index is -4.62. The van der Waals surface area contributed by atoms with Gasteiger partial charge in [0.05, 0.1) is 19.1 Å². The molecule has 1 aromatic carbocycles. The highest BCUT2D eigenvalue weighted by Gasteiger charge is 2.32. The normalized spacial score (nSPS) is 12.9. The molecule has 0 aliphatic heterocycles. The fraction of sp³-hybridized carbons (Fsp3) is 0.471. The van der Waals surface area contributed by atoms with Gasteiger partial charge in [0, 0.05) is 5.56 Å². The number of carbonyl (C=O) groups is 3. The average molecular weight is 375 g/mol. The molecule has 144 valence electrons. The van der Waals surface area contributed by atoms with Crippen LogP contribution < -0.4 is 5.32 Å². The number of alkyl halides is 3. The zero-order valence-electron chi connectivity index (χ0n) is 14.8. The fourth-order valence-electron chi connectivity index (χ4n) is 1.96. The molecule has 1 aromatic rings. The molecule has 0 saturated carbocycles. The maximum Gasteiger partial charge on any atom is 0.416 e. The van der Waals surface area contributed by atoms with Gasteiger partial charge in [-0.3, -0.25) is 9.59 Å². The zero-order chi connectivity index (χ0) is 20.1. The van der Waals surface area contributed by atoms with Crippen molar-refractivity contribution in [2.75, 3.05) is 7.11 Å². The molecule has 1 N–H and O–H groups in total. The summed E-state index contributed by atoms with van der Waals surface area (Å²) >= 11 is 0. The van der Waals surface area contributed by atoms with Gasteiger partial charge in [-0.1, -0.05) is 6.07 Å². The Labute approximate surface area is 148 Å². The van der Waals surface area contributed by atoms with Gasteiger partial charge >= 0.3 is 18.1 Å². The van der Waals surface area contributed by atoms with Crippen molar-refractivity contribution in [3.63, 3.8) is 0 Å². The topological polar surface area (TPSA) is 81.7 Å². The second-order valence-corrected chi connectivity index (χ2v) is 6.42. The predicted molar refractivity (Wildman–Crippen MR) is 85.2 cm³/mol. The van der Waals surface area contributed by atoms with E-state index in [1.165, 1.54) is 0 Å². The molecule has 0 aliphatic rings. The fourth-order valence-corrected chi connectivity index (χ4v) is 1.96. The van der Waals surface area contributed by atoms with Gasteiger partial charge in [0.25, 0.3) is 5.91 Å². The van der Waals surface area contributed by atoms with Gasteiger partial charge in [0.1, 0.15) is 11.6 Å². The molecule has 1 atom stereocenters. The second kappa shape index (κ2) is 8.20. The highest BCUT2D eigenvalue weighted by molar-refractivity contribution is 5.97. The second-order valence-electron chi connectivity index (χ2n) is 6.42. The molecule has 26 heavy (non-hydrogen) atoms. The first-order chi connectivity index (χ1) is 11.8. The molecule has 0 aliphatic carbocycles. The Hall–Kier alpha value is -2.58. The van der Waals surface area contributed by atoms with Gasteiger partial charge < -0.3 is 14.8 Å². The lowest BCUT2D eigenvalue weighted by Gasteiger charge is -2.22. The average Bonchev–Trinajstić information content (AvgIpc) is 2.50. The summed E-state index contributed by atoms with van der Waals surface area (Å²) in [6, 6.07) is 2.30. The van der Waals surface area contributed by atoms with Crippen molar-refractivity contribution in [1.29, 1.82) is 0 Å². The van der Waals surface area contributed by atoms with E-state index in [1.54, 1.807) is 20.8 Å². The highest BCUT2D eigenvalue weighted by Crippen LogP contribution is 2.29. The summed E-state index contributed by atoms with van der Waals surface area (Å²) in [7, 11) is 1.06. The van der Waals surface area contributed by atoms with Gasteiger partial charge in [-0.15, -0.1) is 0 Å². The zero-order valence-corrected chi connectivity index (χ0v) is 14.8. The van der Waals surface area contributed by atoms with Crippen molar-refractivity contribution in [1.82, 2.24) is 5.32 Å². The van der Waals surface area contributed by atoms with Crippen LogP contribution in [0, 0.1) is 0 Å². The molecule has 0 bridgehead atoms. The van der Waals surface area contributed by atoms with E-state index in [9.17, 15) is 27.6 Å². The van der Waals surface area contributed by atoms with Crippen LogP contribution in [-0.4, -0.2) is 36.6 Å². The number of benzene rings is 1. The van der Waals surface area contributed by atoms with Crippen LogP contribution in [0.25, 0.3) is 0 Å². The number of ether oxygens (including phenoxy) is 2. The van der Waals surface area contributed by atoms with Crippen LogP contribution in [-0.2, 0) is 25.2 Å². The Morgan fingerprint density at radius 2 is 1.77 bits per heavy atom. The number of amides is 1. The Balaban J connectivity index is 2.93. The van der Waals surface area contributed by atoms with E-state index in [1.807, 2.05) is 0 Å². The summed E-state index contributed by atoms with van der Waals surface area (Å²) in [6.07, 6.45) is -5.14. The van der Waals surface area contributed by atoms with E-state index in [-0.39, 0.29) is 5.56 Å². The Bertz CT molecular complexity index is 680. The molecule has 0 heterocycles. The number of nitrogens with one attached hydrogen (secondary N) is 1. The van der Waals surface area contributed by atoms with E-state index in [2.05, 4.69) is 10.1 Å². The summed E-state index contributed by atoms with van der Waals surface area (Å²) < 4.78 is 47.8. The summed E-state index contributed by atoms with van der Waals surface area (Å²) in [5.74, 6) is -2.64. The number of carbonyl (C=O) groups excluding carboxylic acids is 3. The molecule has 9 heteroatoms. The third-order valence-corrected chi connectivity index (χ3v) is 3.03.